The van der Waals surface area contributed by atoms with Crippen LogP contribution in [0.1, 0.15) is 16.1 Å². The van der Waals surface area contributed by atoms with Gasteiger partial charge in [0.15, 0.2) is 0 Å². The van der Waals surface area contributed by atoms with Gasteiger partial charge in [0, 0.05) is 17.8 Å². The summed E-state index contributed by atoms with van der Waals surface area (Å²) in [4.78, 5) is 17.1. The number of carbonyl (C=O) groups is 1. The molecule has 1 amide bonds. The van der Waals surface area contributed by atoms with Gasteiger partial charge >= 0.3 is 6.18 Å². The van der Waals surface area contributed by atoms with Crippen LogP contribution in [0.2, 0.25) is 5.02 Å². The molecule has 3 aromatic rings. The van der Waals surface area contributed by atoms with Crippen LogP contribution < -0.4 is 5.32 Å². The molecule has 0 saturated heterocycles. The summed E-state index contributed by atoms with van der Waals surface area (Å²) in [6.45, 7) is -0.0525. The van der Waals surface area contributed by atoms with Gasteiger partial charge in [0.1, 0.15) is 17.2 Å². The Morgan fingerprint density at radius 3 is 2.45 bits per heavy atom. The fourth-order valence-electron chi connectivity index (χ4n) is 3.23. The number of alkyl halides is 3. The summed E-state index contributed by atoms with van der Waals surface area (Å²) in [5.74, 6) is -1.68. The van der Waals surface area contributed by atoms with Crippen LogP contribution in [0.25, 0.3) is 11.3 Å². The van der Waals surface area contributed by atoms with Crippen molar-refractivity contribution in [3.8, 4) is 11.3 Å². The van der Waals surface area contributed by atoms with Crippen LogP contribution in [0, 0.1) is 5.82 Å². The third-order valence-corrected chi connectivity index (χ3v) is 6.57. The second kappa shape index (κ2) is 7.34. The van der Waals surface area contributed by atoms with Crippen LogP contribution in [0.4, 0.5) is 23.2 Å². The first-order valence-corrected chi connectivity index (χ1v) is 10.8. The van der Waals surface area contributed by atoms with Gasteiger partial charge < -0.3 is 9.88 Å². The summed E-state index contributed by atoms with van der Waals surface area (Å²) in [6, 6.07) is 7.73. The summed E-state index contributed by atoms with van der Waals surface area (Å²) in [6.07, 6.45) is -4.73. The Morgan fingerprint density at radius 2 is 1.81 bits per heavy atom. The van der Waals surface area contributed by atoms with Crippen molar-refractivity contribution in [3.63, 3.8) is 0 Å². The average Bonchev–Trinajstić information content (AvgIpc) is 3.21. The minimum atomic E-state index is -4.73. The Hall–Kier alpha value is -2.92. The molecule has 1 aliphatic rings. The summed E-state index contributed by atoms with van der Waals surface area (Å²) in [7, 11) is -3.73. The zero-order valence-corrected chi connectivity index (χ0v) is 16.9. The molecular weight excluding hydrogens is 462 g/mol. The van der Waals surface area contributed by atoms with Crippen molar-refractivity contribution < 1.29 is 30.8 Å². The Morgan fingerprint density at radius 1 is 1.13 bits per heavy atom. The summed E-state index contributed by atoms with van der Waals surface area (Å²) in [5.41, 5.74) is -1.24. The van der Waals surface area contributed by atoms with Crippen molar-refractivity contribution in [2.24, 2.45) is 0 Å². The molecule has 0 atom stereocenters. The number of carbonyl (C=O) groups excluding carboxylic acids is 1. The molecule has 0 spiro atoms. The molecule has 1 aromatic heterocycles. The van der Waals surface area contributed by atoms with Crippen LogP contribution in [-0.4, -0.2) is 29.6 Å². The number of anilines is 1. The molecule has 2 aromatic carbocycles. The summed E-state index contributed by atoms with van der Waals surface area (Å²) < 4.78 is 78.3. The Labute approximate surface area is 178 Å². The number of nitrogens with one attached hydrogen (secondary N) is 1. The van der Waals surface area contributed by atoms with Gasteiger partial charge in [-0.15, -0.1) is 0 Å². The third kappa shape index (κ3) is 3.90. The fourth-order valence-corrected chi connectivity index (χ4v) is 4.81. The number of sulfone groups is 1. The highest BCUT2D eigenvalue weighted by molar-refractivity contribution is 7.91. The Bertz CT molecular complexity index is 1300. The zero-order valence-electron chi connectivity index (χ0n) is 15.4. The normalized spacial score (nSPS) is 15.0. The van der Waals surface area contributed by atoms with Crippen LogP contribution >= 0.6 is 11.6 Å². The minimum absolute atomic E-state index is 0.0271. The lowest BCUT2D eigenvalue weighted by molar-refractivity contribution is -0.137. The number of rotatable bonds is 3. The van der Waals surface area contributed by atoms with Gasteiger partial charge in [-0.2, -0.15) is 13.2 Å². The lowest BCUT2D eigenvalue weighted by atomic mass is 10.1. The van der Waals surface area contributed by atoms with Gasteiger partial charge in [-0.3, -0.25) is 4.79 Å². The molecule has 0 radical (unpaired) electrons. The summed E-state index contributed by atoms with van der Waals surface area (Å²) >= 11 is 5.60. The van der Waals surface area contributed by atoms with Gasteiger partial charge in [-0.25, -0.2) is 17.8 Å². The maximum atomic E-state index is 13.3. The number of aromatic nitrogens is 2. The van der Waals surface area contributed by atoms with Crippen molar-refractivity contribution in [2.75, 3.05) is 11.1 Å². The minimum Gasteiger partial charge on any atom is -0.321 e. The molecule has 4 rings (SSSR count). The topological polar surface area (TPSA) is 81.1 Å². The second-order valence-corrected chi connectivity index (χ2v) is 9.13. The quantitative estimate of drug-likeness (QED) is 0.572. The van der Waals surface area contributed by atoms with Crippen molar-refractivity contribution in [3.05, 3.63) is 64.6 Å². The van der Waals surface area contributed by atoms with Gasteiger partial charge in [0.05, 0.1) is 16.3 Å². The lowest BCUT2D eigenvalue weighted by Crippen LogP contribution is -2.18. The van der Waals surface area contributed by atoms with E-state index in [1.165, 1.54) is 22.8 Å². The monoisotopic (exact) mass is 473 g/mol. The third-order valence-electron chi connectivity index (χ3n) is 4.66. The van der Waals surface area contributed by atoms with E-state index >= 15 is 0 Å². The van der Waals surface area contributed by atoms with Crippen molar-refractivity contribution in [2.45, 2.75) is 17.9 Å². The number of halogens is 5. The predicted octanol–water partition coefficient (Wildman–Crippen LogP) is 4.40. The molecule has 162 valence electrons. The van der Waals surface area contributed by atoms with Crippen molar-refractivity contribution in [1.29, 1.82) is 0 Å². The van der Waals surface area contributed by atoms with E-state index in [-0.39, 0.29) is 40.1 Å². The zero-order chi connectivity index (χ0) is 22.6. The first-order valence-electron chi connectivity index (χ1n) is 8.75. The molecular formula is C19H12ClF4N3O3S. The molecule has 0 saturated carbocycles. The second-order valence-electron chi connectivity index (χ2n) is 6.72. The lowest BCUT2D eigenvalue weighted by Gasteiger charge is -2.13. The van der Waals surface area contributed by atoms with Gasteiger partial charge in [0.25, 0.3) is 5.91 Å². The first-order chi connectivity index (χ1) is 14.5. The number of imidazole rings is 1. The average molecular weight is 474 g/mol. The van der Waals surface area contributed by atoms with E-state index in [1.807, 2.05) is 0 Å². The standard InChI is InChI=1S/C19H12ClF4N3O3S/c20-14-6-5-12(9-13(14)19(22,23)24)25-17(28)16-15(10-1-3-11(21)4-2-10)26-18-27(16)7-8-31(18,29)30/h1-6,9H,7-8H2,(H,25,28). The maximum absolute atomic E-state index is 13.3. The first kappa shape index (κ1) is 21.3. The number of amides is 1. The SMILES string of the molecule is O=C(Nc1ccc(Cl)c(C(F)(F)F)c1)c1c(-c2ccc(F)cc2)nc2n1CCS2(=O)=O. The number of hydrogen-bond acceptors (Lipinski definition) is 4. The van der Waals surface area contributed by atoms with E-state index < -0.39 is 38.3 Å². The molecule has 0 unspecified atom stereocenters. The van der Waals surface area contributed by atoms with Crippen LogP contribution in [0.3, 0.4) is 0 Å². The number of hydrogen-bond donors (Lipinski definition) is 1. The molecule has 12 heteroatoms. The fraction of sp³-hybridized carbons (Fsp3) is 0.158. The van der Waals surface area contributed by atoms with E-state index in [0.717, 1.165) is 18.2 Å². The van der Waals surface area contributed by atoms with Crippen molar-refractivity contribution >= 4 is 33.0 Å². The van der Waals surface area contributed by atoms with E-state index in [9.17, 15) is 30.8 Å². The largest absolute Gasteiger partial charge is 0.417 e. The molecule has 1 N–H and O–H groups in total. The molecule has 6 nitrogen and oxygen atoms in total. The van der Waals surface area contributed by atoms with Crippen LogP contribution in [0.15, 0.2) is 47.6 Å². The highest BCUT2D eigenvalue weighted by Gasteiger charge is 2.36. The van der Waals surface area contributed by atoms with E-state index in [2.05, 4.69) is 10.3 Å². The highest BCUT2D eigenvalue weighted by atomic mass is 35.5. The number of fused-ring (bicyclic) bond motifs is 1. The molecule has 1 aliphatic heterocycles. The molecule has 0 aliphatic carbocycles. The molecule has 0 fully saturated rings. The molecule has 31 heavy (non-hydrogen) atoms. The van der Waals surface area contributed by atoms with Gasteiger partial charge in [0.2, 0.25) is 15.0 Å². The Balaban J connectivity index is 1.79. The predicted molar refractivity (Wildman–Crippen MR) is 104 cm³/mol. The van der Waals surface area contributed by atoms with E-state index in [0.29, 0.717) is 6.07 Å². The van der Waals surface area contributed by atoms with Crippen LogP contribution in [-0.2, 0) is 22.6 Å². The summed E-state index contributed by atoms with van der Waals surface area (Å²) in [5, 5.41) is 1.47. The maximum Gasteiger partial charge on any atom is 0.417 e. The van der Waals surface area contributed by atoms with E-state index in [1.54, 1.807) is 0 Å². The molecule has 0 bridgehead atoms. The highest BCUT2D eigenvalue weighted by Crippen LogP contribution is 2.37. The van der Waals surface area contributed by atoms with Gasteiger partial charge in [-0.1, -0.05) is 11.6 Å². The number of benzene rings is 2. The van der Waals surface area contributed by atoms with Crippen molar-refractivity contribution in [1.82, 2.24) is 9.55 Å². The van der Waals surface area contributed by atoms with E-state index in [4.69, 9.17) is 11.6 Å². The smallest absolute Gasteiger partial charge is 0.321 e. The van der Waals surface area contributed by atoms with Crippen LogP contribution in [0.5, 0.6) is 0 Å². The van der Waals surface area contributed by atoms with Gasteiger partial charge in [-0.05, 0) is 42.5 Å². The molecule has 2 heterocycles. The Kier molecular flexibility index (Phi) is 5.05. The number of nitrogens with zero attached hydrogens (tertiary/aromatic N) is 2.